The van der Waals surface area contributed by atoms with Gasteiger partial charge in [0.05, 0.1) is 24.1 Å². The van der Waals surface area contributed by atoms with Gasteiger partial charge in [-0.2, -0.15) is 0 Å². The van der Waals surface area contributed by atoms with Crippen LogP contribution in [0.4, 0.5) is 4.39 Å². The van der Waals surface area contributed by atoms with Crippen LogP contribution in [0.5, 0.6) is 0 Å². The normalized spacial score (nSPS) is 21.6. The highest BCUT2D eigenvalue weighted by molar-refractivity contribution is 6.39. The Bertz CT molecular complexity index is 902. The van der Waals surface area contributed by atoms with E-state index < -0.39 is 5.60 Å². The molecule has 146 valence electrons. The maximum atomic E-state index is 13.4. The van der Waals surface area contributed by atoms with Crippen molar-refractivity contribution < 1.29 is 14.0 Å². The Morgan fingerprint density at radius 2 is 2.25 bits per heavy atom. The Morgan fingerprint density at radius 1 is 1.36 bits per heavy atom. The Balaban J connectivity index is 1.29. The third-order valence-corrected chi connectivity index (χ3v) is 5.06. The molecule has 2 aliphatic rings. The first kappa shape index (κ1) is 18.5. The summed E-state index contributed by atoms with van der Waals surface area (Å²) in [6.45, 7) is 4.28. The second kappa shape index (κ2) is 7.63. The van der Waals surface area contributed by atoms with E-state index in [1.54, 1.807) is 24.5 Å². The van der Waals surface area contributed by atoms with Gasteiger partial charge in [0.2, 0.25) is 0 Å². The van der Waals surface area contributed by atoms with Gasteiger partial charge in [-0.3, -0.25) is 19.7 Å². The average Bonchev–Trinajstić information content (AvgIpc) is 3.28. The Morgan fingerprint density at radius 3 is 3.04 bits per heavy atom. The molecule has 2 aliphatic heterocycles. The fourth-order valence-corrected chi connectivity index (χ4v) is 3.60. The van der Waals surface area contributed by atoms with Crippen molar-refractivity contribution in [3.8, 4) is 0 Å². The van der Waals surface area contributed by atoms with Crippen LogP contribution in [0.3, 0.4) is 0 Å². The number of benzene rings is 1. The minimum atomic E-state index is -0.469. The van der Waals surface area contributed by atoms with Crippen molar-refractivity contribution in [2.45, 2.75) is 38.5 Å². The molecule has 1 spiro atoms. The van der Waals surface area contributed by atoms with Gasteiger partial charge in [0.15, 0.2) is 5.60 Å². The largest absolute Gasteiger partial charge is 0.387 e. The van der Waals surface area contributed by atoms with Crippen LogP contribution in [0.2, 0.25) is 0 Å². The van der Waals surface area contributed by atoms with E-state index in [-0.39, 0.29) is 11.7 Å². The number of rotatable bonds is 5. The third-order valence-electron chi connectivity index (χ3n) is 5.06. The van der Waals surface area contributed by atoms with E-state index in [0.717, 1.165) is 24.2 Å². The standard InChI is InChI=1S/C20H22FN5O2/c1-14-9-23-17(10-22-14)11-24-19(27)18-8-20(28-25-18)5-6-26(13-20)12-15-3-2-4-16(21)7-15/h2-4,7,9-10H,5-6,8,11-13H2,1H3,(H,24,27)/t20-/m0/s1. The molecule has 1 aromatic carbocycles. The number of amides is 1. The summed E-state index contributed by atoms with van der Waals surface area (Å²) in [7, 11) is 0. The number of hydrogen-bond acceptors (Lipinski definition) is 6. The first-order chi connectivity index (χ1) is 13.5. The molecule has 1 saturated heterocycles. The summed E-state index contributed by atoms with van der Waals surface area (Å²) < 4.78 is 13.4. The first-order valence-corrected chi connectivity index (χ1v) is 9.29. The van der Waals surface area contributed by atoms with Gasteiger partial charge in [0.25, 0.3) is 5.91 Å². The highest BCUT2D eigenvalue weighted by Gasteiger charge is 2.46. The number of halogens is 1. The Labute approximate surface area is 162 Å². The number of aryl methyl sites for hydroxylation is 1. The zero-order chi connectivity index (χ0) is 19.6. The fourth-order valence-electron chi connectivity index (χ4n) is 3.60. The topological polar surface area (TPSA) is 79.7 Å². The lowest BCUT2D eigenvalue weighted by atomic mass is 9.96. The van der Waals surface area contributed by atoms with E-state index >= 15 is 0 Å². The van der Waals surface area contributed by atoms with Crippen LogP contribution >= 0.6 is 0 Å². The maximum absolute atomic E-state index is 13.4. The molecular formula is C20H22FN5O2. The highest BCUT2D eigenvalue weighted by Crippen LogP contribution is 2.34. The first-order valence-electron chi connectivity index (χ1n) is 9.29. The molecule has 4 rings (SSSR count). The third kappa shape index (κ3) is 4.17. The number of carbonyl (C=O) groups is 1. The van der Waals surface area contributed by atoms with Crippen molar-refractivity contribution in [1.29, 1.82) is 0 Å². The SMILES string of the molecule is Cc1cnc(CNC(=O)C2=NO[C@@]3(CCN(Cc4cccc(F)c4)C3)C2)cn1. The second-order valence-electron chi connectivity index (χ2n) is 7.41. The summed E-state index contributed by atoms with van der Waals surface area (Å²) in [6, 6.07) is 6.61. The Kier molecular flexibility index (Phi) is 5.04. The lowest BCUT2D eigenvalue weighted by Gasteiger charge is -2.21. The molecule has 0 bridgehead atoms. The lowest BCUT2D eigenvalue weighted by molar-refractivity contribution is -0.115. The van der Waals surface area contributed by atoms with E-state index in [0.29, 0.717) is 37.5 Å². The van der Waals surface area contributed by atoms with Crippen LogP contribution in [0, 0.1) is 12.7 Å². The predicted octanol–water partition coefficient (Wildman–Crippen LogP) is 1.96. The molecular weight excluding hydrogens is 361 g/mol. The Hall–Kier alpha value is -2.87. The number of hydrogen-bond donors (Lipinski definition) is 1. The van der Waals surface area contributed by atoms with Gasteiger partial charge in [0.1, 0.15) is 11.5 Å². The van der Waals surface area contributed by atoms with Crippen LogP contribution in [-0.4, -0.2) is 45.2 Å². The molecule has 0 unspecified atom stereocenters. The number of likely N-dealkylation sites (tertiary alicyclic amines) is 1. The molecule has 0 saturated carbocycles. The van der Waals surface area contributed by atoms with Gasteiger partial charge in [-0.1, -0.05) is 17.3 Å². The van der Waals surface area contributed by atoms with E-state index in [4.69, 9.17) is 4.84 Å². The van der Waals surface area contributed by atoms with Gasteiger partial charge in [-0.05, 0) is 24.6 Å². The minimum absolute atomic E-state index is 0.232. The van der Waals surface area contributed by atoms with Gasteiger partial charge in [-0.15, -0.1) is 0 Å². The molecule has 8 heteroatoms. The van der Waals surface area contributed by atoms with E-state index in [2.05, 4.69) is 25.3 Å². The van der Waals surface area contributed by atoms with Crippen LogP contribution in [0.15, 0.2) is 41.8 Å². The zero-order valence-electron chi connectivity index (χ0n) is 15.7. The van der Waals surface area contributed by atoms with Crippen molar-refractivity contribution >= 4 is 11.6 Å². The summed E-state index contributed by atoms with van der Waals surface area (Å²) >= 11 is 0. The summed E-state index contributed by atoms with van der Waals surface area (Å²) in [6.07, 6.45) is 4.56. The van der Waals surface area contributed by atoms with Crippen molar-refractivity contribution in [2.75, 3.05) is 13.1 Å². The number of nitrogens with zero attached hydrogens (tertiary/aromatic N) is 4. The van der Waals surface area contributed by atoms with E-state index in [1.807, 2.05) is 13.0 Å². The molecule has 0 radical (unpaired) electrons. The average molecular weight is 383 g/mol. The summed E-state index contributed by atoms with van der Waals surface area (Å²) in [5.74, 6) is -0.480. The summed E-state index contributed by atoms with van der Waals surface area (Å²) in [5, 5.41) is 6.85. The number of oxime groups is 1. The molecule has 1 amide bonds. The van der Waals surface area contributed by atoms with Crippen LogP contribution in [-0.2, 0) is 22.7 Å². The molecule has 1 aromatic heterocycles. The minimum Gasteiger partial charge on any atom is -0.387 e. The molecule has 28 heavy (non-hydrogen) atoms. The molecule has 3 heterocycles. The van der Waals surface area contributed by atoms with E-state index in [9.17, 15) is 9.18 Å². The monoisotopic (exact) mass is 383 g/mol. The van der Waals surface area contributed by atoms with Gasteiger partial charge in [-0.25, -0.2) is 4.39 Å². The lowest BCUT2D eigenvalue weighted by Crippen LogP contribution is -2.36. The van der Waals surface area contributed by atoms with Crippen molar-refractivity contribution in [3.63, 3.8) is 0 Å². The second-order valence-corrected chi connectivity index (χ2v) is 7.41. The molecule has 1 atom stereocenters. The molecule has 1 fully saturated rings. The maximum Gasteiger partial charge on any atom is 0.269 e. The highest BCUT2D eigenvalue weighted by atomic mass is 19.1. The number of nitrogens with one attached hydrogen (secondary N) is 1. The quantitative estimate of drug-likeness (QED) is 0.854. The van der Waals surface area contributed by atoms with Crippen LogP contribution in [0.25, 0.3) is 0 Å². The smallest absolute Gasteiger partial charge is 0.269 e. The van der Waals surface area contributed by atoms with Gasteiger partial charge in [0, 0.05) is 38.7 Å². The summed E-state index contributed by atoms with van der Waals surface area (Å²) in [5.41, 5.74) is 2.37. The molecule has 7 nitrogen and oxygen atoms in total. The molecule has 1 N–H and O–H groups in total. The number of carbonyl (C=O) groups excluding carboxylic acids is 1. The number of aromatic nitrogens is 2. The van der Waals surface area contributed by atoms with Gasteiger partial charge >= 0.3 is 0 Å². The van der Waals surface area contributed by atoms with Crippen LogP contribution < -0.4 is 5.32 Å². The molecule has 2 aromatic rings. The zero-order valence-corrected chi connectivity index (χ0v) is 15.7. The predicted molar refractivity (Wildman–Crippen MR) is 101 cm³/mol. The molecule has 0 aliphatic carbocycles. The fraction of sp³-hybridized carbons (Fsp3) is 0.400. The summed E-state index contributed by atoms with van der Waals surface area (Å²) in [4.78, 5) is 28.7. The van der Waals surface area contributed by atoms with Crippen molar-refractivity contribution in [2.24, 2.45) is 5.16 Å². The van der Waals surface area contributed by atoms with Crippen molar-refractivity contribution in [1.82, 2.24) is 20.2 Å². The van der Waals surface area contributed by atoms with Crippen LogP contribution in [0.1, 0.15) is 29.8 Å². The van der Waals surface area contributed by atoms with E-state index in [1.165, 1.54) is 6.07 Å². The van der Waals surface area contributed by atoms with Gasteiger partial charge < -0.3 is 10.2 Å². The van der Waals surface area contributed by atoms with Crippen molar-refractivity contribution in [3.05, 3.63) is 59.4 Å².